The number of carbonyl (C=O) groups is 1. The number of anilines is 1. The Kier molecular flexibility index (Phi) is 5.66. The Labute approximate surface area is 165 Å². The van der Waals surface area contributed by atoms with Gasteiger partial charge in [-0.2, -0.15) is 8.42 Å². The van der Waals surface area contributed by atoms with Gasteiger partial charge in [0.15, 0.2) is 11.6 Å². The molecule has 10 heteroatoms. The first-order valence-electron chi connectivity index (χ1n) is 8.28. The molecule has 1 N–H and O–H groups in total. The molecule has 0 atom stereocenters. The highest BCUT2D eigenvalue weighted by molar-refractivity contribution is 7.90. The minimum atomic E-state index is -3.96. The van der Waals surface area contributed by atoms with E-state index in [0.29, 0.717) is 24.4 Å². The van der Waals surface area contributed by atoms with Crippen molar-refractivity contribution in [2.75, 3.05) is 18.9 Å². The number of hydrogen-bond donors (Lipinski definition) is 1. The van der Waals surface area contributed by atoms with Crippen molar-refractivity contribution in [3.8, 4) is 0 Å². The van der Waals surface area contributed by atoms with Crippen LogP contribution in [0.25, 0.3) is 0 Å². The third kappa shape index (κ3) is 4.31. The molecule has 0 unspecified atom stereocenters. The van der Waals surface area contributed by atoms with Crippen LogP contribution in [-0.4, -0.2) is 38.7 Å². The third-order valence-electron chi connectivity index (χ3n) is 4.20. The molecule has 2 aromatic carbocycles. The van der Waals surface area contributed by atoms with Crippen molar-refractivity contribution < 1.29 is 22.0 Å². The molecule has 1 aliphatic rings. The average Bonchev–Trinajstić information content (AvgIpc) is 3.02. The predicted molar refractivity (Wildman–Crippen MR) is 102 cm³/mol. The molecule has 1 saturated heterocycles. The van der Waals surface area contributed by atoms with Crippen molar-refractivity contribution in [1.29, 1.82) is 0 Å². The van der Waals surface area contributed by atoms with E-state index in [-0.39, 0.29) is 21.2 Å². The number of sulfonamides is 1. The van der Waals surface area contributed by atoms with Crippen molar-refractivity contribution in [3.05, 3.63) is 58.6 Å². The van der Waals surface area contributed by atoms with Crippen LogP contribution in [0.1, 0.15) is 23.2 Å². The van der Waals surface area contributed by atoms with Gasteiger partial charge in [-0.3, -0.25) is 4.79 Å². The fraction of sp³-hybridized carbons (Fsp3) is 0.222. The summed E-state index contributed by atoms with van der Waals surface area (Å²) in [6, 6.07) is 6.86. The second-order valence-corrected chi connectivity index (χ2v) is 8.25. The van der Waals surface area contributed by atoms with Gasteiger partial charge in [0.2, 0.25) is 0 Å². The maximum Gasteiger partial charge on any atom is 0.284 e. The van der Waals surface area contributed by atoms with Crippen molar-refractivity contribution in [1.82, 2.24) is 4.90 Å². The number of hydrogen-bond acceptors (Lipinski definition) is 3. The minimum Gasteiger partial charge on any atom is -0.362 e. The van der Waals surface area contributed by atoms with E-state index < -0.39 is 27.6 Å². The van der Waals surface area contributed by atoms with Gasteiger partial charge in [-0.1, -0.05) is 17.7 Å². The van der Waals surface area contributed by atoms with E-state index in [1.807, 2.05) is 0 Å². The van der Waals surface area contributed by atoms with Gasteiger partial charge in [-0.05, 0) is 36.8 Å². The maximum absolute atomic E-state index is 13.4. The molecule has 28 heavy (non-hydrogen) atoms. The van der Waals surface area contributed by atoms with E-state index in [9.17, 15) is 22.0 Å². The standard InChI is InChI=1S/C18H16ClF2N3O3S/c1-24-7-3-6-17(24)23-28(26,27)12-5-2-4-11(8-12)22-18(25)13-9-15(20)16(21)10-14(13)19/h2,4-5,8-10H,3,6-7H2,1H3,(H,22,25)/b23-17-. The number of amidine groups is 1. The maximum atomic E-state index is 13.4. The monoisotopic (exact) mass is 427 g/mol. The van der Waals surface area contributed by atoms with Crippen LogP contribution in [0.2, 0.25) is 5.02 Å². The second kappa shape index (κ2) is 7.84. The van der Waals surface area contributed by atoms with Gasteiger partial charge in [-0.25, -0.2) is 8.78 Å². The molecule has 0 aliphatic carbocycles. The first-order chi connectivity index (χ1) is 13.2. The molecular formula is C18H16ClF2N3O3S. The SMILES string of the molecule is CN1CCC/C1=N/S(=O)(=O)c1cccc(NC(=O)c2cc(F)c(F)cc2Cl)c1. The Bertz CT molecular complexity index is 1070. The summed E-state index contributed by atoms with van der Waals surface area (Å²) in [7, 11) is -2.19. The van der Waals surface area contributed by atoms with E-state index in [4.69, 9.17) is 11.6 Å². The molecule has 0 aromatic heterocycles. The Morgan fingerprint density at radius 1 is 1.21 bits per heavy atom. The number of carbonyl (C=O) groups excluding carboxylic acids is 1. The van der Waals surface area contributed by atoms with Crippen LogP contribution in [-0.2, 0) is 10.0 Å². The first-order valence-corrected chi connectivity index (χ1v) is 10.1. The highest BCUT2D eigenvalue weighted by Gasteiger charge is 2.21. The summed E-state index contributed by atoms with van der Waals surface area (Å²) in [5.74, 6) is -2.73. The number of nitrogens with one attached hydrogen (secondary N) is 1. The zero-order valence-electron chi connectivity index (χ0n) is 14.7. The quantitative estimate of drug-likeness (QED) is 0.755. The normalized spacial score (nSPS) is 15.9. The average molecular weight is 428 g/mol. The first kappa shape index (κ1) is 20.2. The largest absolute Gasteiger partial charge is 0.362 e. The molecule has 1 aliphatic heterocycles. The molecule has 1 amide bonds. The van der Waals surface area contributed by atoms with Gasteiger partial charge < -0.3 is 10.2 Å². The number of halogens is 3. The molecular weight excluding hydrogens is 412 g/mol. The Hall–Kier alpha value is -2.52. The number of amides is 1. The molecule has 0 saturated carbocycles. The lowest BCUT2D eigenvalue weighted by Crippen LogP contribution is -2.20. The van der Waals surface area contributed by atoms with Crippen LogP contribution < -0.4 is 5.32 Å². The van der Waals surface area contributed by atoms with Gasteiger partial charge in [0.25, 0.3) is 15.9 Å². The van der Waals surface area contributed by atoms with Crippen LogP contribution in [0.15, 0.2) is 45.7 Å². The molecule has 0 bridgehead atoms. The number of likely N-dealkylation sites (tertiary alicyclic amines) is 1. The summed E-state index contributed by atoms with van der Waals surface area (Å²) in [6.45, 7) is 0.736. The van der Waals surface area contributed by atoms with Crippen molar-refractivity contribution in [2.24, 2.45) is 4.40 Å². The van der Waals surface area contributed by atoms with Crippen molar-refractivity contribution in [3.63, 3.8) is 0 Å². The van der Waals surface area contributed by atoms with Gasteiger partial charge in [-0.15, -0.1) is 4.40 Å². The Morgan fingerprint density at radius 3 is 2.61 bits per heavy atom. The summed E-state index contributed by atoms with van der Waals surface area (Å²) in [5, 5.41) is 2.16. The fourth-order valence-corrected chi connectivity index (χ4v) is 4.11. The predicted octanol–water partition coefficient (Wildman–Crippen LogP) is 3.68. The molecule has 1 heterocycles. The zero-order chi connectivity index (χ0) is 20.5. The summed E-state index contributed by atoms with van der Waals surface area (Å²) < 4.78 is 55.5. The van der Waals surface area contributed by atoms with E-state index in [0.717, 1.165) is 13.0 Å². The summed E-state index contributed by atoms with van der Waals surface area (Å²) >= 11 is 5.79. The van der Waals surface area contributed by atoms with E-state index in [1.165, 1.54) is 24.3 Å². The van der Waals surface area contributed by atoms with Crippen LogP contribution in [0.5, 0.6) is 0 Å². The second-order valence-electron chi connectivity index (χ2n) is 6.24. The lowest BCUT2D eigenvalue weighted by Gasteiger charge is -2.11. The van der Waals surface area contributed by atoms with Gasteiger partial charge in [0.05, 0.1) is 15.5 Å². The smallest absolute Gasteiger partial charge is 0.284 e. The third-order valence-corrected chi connectivity index (χ3v) is 5.82. The summed E-state index contributed by atoms with van der Waals surface area (Å²) in [6.07, 6.45) is 1.40. The highest BCUT2D eigenvalue weighted by atomic mass is 35.5. The van der Waals surface area contributed by atoms with Gasteiger partial charge in [0.1, 0.15) is 5.84 Å². The zero-order valence-corrected chi connectivity index (χ0v) is 16.3. The van der Waals surface area contributed by atoms with Gasteiger partial charge in [0, 0.05) is 25.7 Å². The summed E-state index contributed by atoms with van der Waals surface area (Å²) in [4.78, 5) is 14.0. The van der Waals surface area contributed by atoms with E-state index in [2.05, 4.69) is 9.71 Å². The molecule has 0 spiro atoms. The fourth-order valence-electron chi connectivity index (χ4n) is 2.73. The lowest BCUT2D eigenvalue weighted by molar-refractivity contribution is 0.102. The van der Waals surface area contributed by atoms with Crippen LogP contribution >= 0.6 is 11.6 Å². The number of nitrogens with zero attached hydrogens (tertiary/aromatic N) is 2. The topological polar surface area (TPSA) is 78.8 Å². The highest BCUT2D eigenvalue weighted by Crippen LogP contribution is 2.23. The molecule has 2 aromatic rings. The van der Waals surface area contributed by atoms with Crippen molar-refractivity contribution >= 4 is 39.1 Å². The van der Waals surface area contributed by atoms with Crippen molar-refractivity contribution in [2.45, 2.75) is 17.7 Å². The summed E-state index contributed by atoms with van der Waals surface area (Å²) in [5.41, 5.74) is -0.131. The van der Waals surface area contributed by atoms with Gasteiger partial charge >= 0.3 is 0 Å². The molecule has 1 fully saturated rings. The van der Waals surface area contributed by atoms with E-state index in [1.54, 1.807) is 11.9 Å². The van der Waals surface area contributed by atoms with Crippen LogP contribution in [0.3, 0.4) is 0 Å². The molecule has 3 rings (SSSR count). The minimum absolute atomic E-state index is 0.102. The Balaban J connectivity index is 1.86. The Morgan fingerprint density at radius 2 is 1.93 bits per heavy atom. The van der Waals surface area contributed by atoms with Crippen LogP contribution in [0, 0.1) is 11.6 Å². The lowest BCUT2D eigenvalue weighted by atomic mass is 10.2. The number of benzene rings is 2. The molecule has 6 nitrogen and oxygen atoms in total. The van der Waals surface area contributed by atoms with Crippen LogP contribution in [0.4, 0.5) is 14.5 Å². The van der Waals surface area contributed by atoms with E-state index >= 15 is 0 Å². The molecule has 148 valence electrons. The molecule has 0 radical (unpaired) electrons. The number of rotatable bonds is 4.